The van der Waals surface area contributed by atoms with Crippen molar-refractivity contribution in [2.75, 3.05) is 13.1 Å². The molecule has 73 valence electrons. The molecule has 2 atom stereocenters. The second-order valence-electron chi connectivity index (χ2n) is 4.44. The highest BCUT2D eigenvalue weighted by Crippen LogP contribution is 2.34. The zero-order chi connectivity index (χ0) is 9.10. The van der Waals surface area contributed by atoms with E-state index in [4.69, 9.17) is 0 Å². The molecule has 2 fully saturated rings. The normalized spacial score (nSPS) is 36.3. The highest BCUT2D eigenvalue weighted by atomic mass is 16.1. The van der Waals surface area contributed by atoms with E-state index in [1.807, 2.05) is 0 Å². The number of carbonyl (C=O) groups excluding carboxylic acids is 1. The van der Waals surface area contributed by atoms with Gasteiger partial charge in [0.25, 0.3) is 0 Å². The summed E-state index contributed by atoms with van der Waals surface area (Å²) >= 11 is 0. The fourth-order valence-electron chi connectivity index (χ4n) is 2.89. The van der Waals surface area contributed by atoms with Crippen molar-refractivity contribution < 1.29 is 4.79 Å². The molecule has 2 nitrogen and oxygen atoms in total. The Kier molecular flexibility index (Phi) is 2.99. The number of nitrogens with one attached hydrogen (secondary N) is 1. The molecule has 2 rings (SSSR count). The molecule has 0 amide bonds. The molecule has 1 heterocycles. The quantitative estimate of drug-likeness (QED) is 0.698. The monoisotopic (exact) mass is 180 g/mol. The maximum atomic E-state index is 10.7. The molecule has 1 N–H and O–H groups in total. The van der Waals surface area contributed by atoms with Crippen molar-refractivity contribution in [2.45, 2.75) is 32.1 Å². The maximum absolute atomic E-state index is 10.7. The van der Waals surface area contributed by atoms with E-state index in [1.165, 1.54) is 32.1 Å². The SMILES string of the molecule is O=[C][C@H]1CNC[C@@H]1C1CCCCC1. The zero-order valence-electron chi connectivity index (χ0n) is 8.09. The third-order valence-corrected chi connectivity index (χ3v) is 3.67. The van der Waals surface area contributed by atoms with E-state index in [-0.39, 0.29) is 5.92 Å². The first-order valence-electron chi connectivity index (χ1n) is 5.50. The van der Waals surface area contributed by atoms with Crippen LogP contribution in [0.25, 0.3) is 0 Å². The number of rotatable bonds is 2. The molecule has 1 radical (unpaired) electrons. The Morgan fingerprint density at radius 3 is 2.54 bits per heavy atom. The average Bonchev–Trinajstić information content (AvgIpc) is 2.67. The van der Waals surface area contributed by atoms with E-state index in [1.54, 1.807) is 0 Å². The first kappa shape index (κ1) is 9.20. The van der Waals surface area contributed by atoms with Crippen molar-refractivity contribution in [2.24, 2.45) is 17.8 Å². The lowest BCUT2D eigenvalue weighted by Gasteiger charge is -2.28. The molecule has 2 heteroatoms. The third-order valence-electron chi connectivity index (χ3n) is 3.67. The van der Waals surface area contributed by atoms with Gasteiger partial charge in [0.05, 0.1) is 0 Å². The number of hydrogen-bond donors (Lipinski definition) is 1. The Morgan fingerprint density at radius 2 is 1.85 bits per heavy atom. The van der Waals surface area contributed by atoms with Crippen LogP contribution in [0.5, 0.6) is 0 Å². The Bertz CT molecular complexity index is 175. The van der Waals surface area contributed by atoms with Gasteiger partial charge >= 0.3 is 0 Å². The van der Waals surface area contributed by atoms with Gasteiger partial charge in [-0.2, -0.15) is 0 Å². The predicted octanol–water partition coefficient (Wildman–Crippen LogP) is 1.51. The summed E-state index contributed by atoms with van der Waals surface area (Å²) in [5.74, 6) is 1.58. The van der Waals surface area contributed by atoms with Gasteiger partial charge in [-0.15, -0.1) is 0 Å². The molecule has 0 aromatic heterocycles. The molecule has 0 aromatic carbocycles. The molecule has 0 spiro atoms. The largest absolute Gasteiger partial charge is 0.316 e. The highest BCUT2D eigenvalue weighted by molar-refractivity contribution is 5.56. The lowest BCUT2D eigenvalue weighted by molar-refractivity contribution is 0.241. The lowest BCUT2D eigenvalue weighted by Crippen LogP contribution is -2.25. The van der Waals surface area contributed by atoms with Gasteiger partial charge < -0.3 is 5.32 Å². The molecule has 1 saturated carbocycles. The second kappa shape index (κ2) is 4.23. The summed E-state index contributed by atoms with van der Waals surface area (Å²) in [4.78, 5) is 10.7. The summed E-state index contributed by atoms with van der Waals surface area (Å²) in [6, 6.07) is 0. The molecule has 1 saturated heterocycles. The average molecular weight is 180 g/mol. The smallest absolute Gasteiger partial charge is 0.203 e. The van der Waals surface area contributed by atoms with Gasteiger partial charge in [-0.05, 0) is 18.4 Å². The van der Waals surface area contributed by atoms with Gasteiger partial charge in [-0.3, -0.25) is 4.79 Å². The second-order valence-corrected chi connectivity index (χ2v) is 4.44. The summed E-state index contributed by atoms with van der Waals surface area (Å²) in [6.45, 7) is 1.91. The molecule has 0 unspecified atom stereocenters. The van der Waals surface area contributed by atoms with E-state index in [0.29, 0.717) is 5.92 Å². The first-order chi connectivity index (χ1) is 6.42. The minimum absolute atomic E-state index is 0.183. The van der Waals surface area contributed by atoms with E-state index in [0.717, 1.165) is 19.0 Å². The minimum Gasteiger partial charge on any atom is -0.316 e. The van der Waals surface area contributed by atoms with Crippen LogP contribution in [-0.4, -0.2) is 19.4 Å². The fourth-order valence-corrected chi connectivity index (χ4v) is 2.89. The van der Waals surface area contributed by atoms with Gasteiger partial charge in [0.1, 0.15) is 0 Å². The van der Waals surface area contributed by atoms with Crippen LogP contribution >= 0.6 is 0 Å². The first-order valence-corrected chi connectivity index (χ1v) is 5.50. The highest BCUT2D eigenvalue weighted by Gasteiger charge is 2.34. The molecular formula is C11H18NO. The van der Waals surface area contributed by atoms with Crippen LogP contribution < -0.4 is 5.32 Å². The maximum Gasteiger partial charge on any atom is 0.203 e. The van der Waals surface area contributed by atoms with Gasteiger partial charge in [0.2, 0.25) is 6.29 Å². The summed E-state index contributed by atoms with van der Waals surface area (Å²) in [7, 11) is 0. The molecule has 0 aromatic rings. The van der Waals surface area contributed by atoms with Crippen LogP contribution in [0.3, 0.4) is 0 Å². The van der Waals surface area contributed by atoms with Crippen molar-refractivity contribution in [3.63, 3.8) is 0 Å². The van der Waals surface area contributed by atoms with Gasteiger partial charge in [0, 0.05) is 12.5 Å². The van der Waals surface area contributed by atoms with E-state index >= 15 is 0 Å². The molecular weight excluding hydrogens is 162 g/mol. The van der Waals surface area contributed by atoms with Crippen molar-refractivity contribution in [3.8, 4) is 0 Å². The van der Waals surface area contributed by atoms with Gasteiger partial charge in [-0.25, -0.2) is 0 Å². The summed E-state index contributed by atoms with van der Waals surface area (Å²) < 4.78 is 0. The Morgan fingerprint density at radius 1 is 1.08 bits per heavy atom. The van der Waals surface area contributed by atoms with E-state index in [9.17, 15) is 4.79 Å². The zero-order valence-corrected chi connectivity index (χ0v) is 8.09. The topological polar surface area (TPSA) is 29.1 Å². The molecule has 2 aliphatic rings. The van der Waals surface area contributed by atoms with E-state index < -0.39 is 0 Å². The molecule has 1 aliphatic heterocycles. The van der Waals surface area contributed by atoms with Crippen molar-refractivity contribution in [1.82, 2.24) is 5.32 Å². The van der Waals surface area contributed by atoms with Crippen molar-refractivity contribution in [3.05, 3.63) is 0 Å². The summed E-state index contributed by atoms with van der Waals surface area (Å²) in [5.41, 5.74) is 0. The molecule has 0 bridgehead atoms. The van der Waals surface area contributed by atoms with E-state index in [2.05, 4.69) is 11.6 Å². The standard InChI is InChI=1S/C11H18NO/c13-8-10-6-12-7-11(10)9-4-2-1-3-5-9/h9-12H,1-7H2/t10-,11-/m1/s1. The summed E-state index contributed by atoms with van der Waals surface area (Å²) in [6.07, 6.45) is 9.00. The van der Waals surface area contributed by atoms with Crippen LogP contribution in [0, 0.1) is 17.8 Å². The van der Waals surface area contributed by atoms with Crippen LogP contribution in [-0.2, 0) is 4.79 Å². The Hall–Kier alpha value is -0.370. The van der Waals surface area contributed by atoms with Gasteiger partial charge in [-0.1, -0.05) is 32.1 Å². The fraction of sp³-hybridized carbons (Fsp3) is 0.909. The van der Waals surface area contributed by atoms with Crippen LogP contribution in [0.2, 0.25) is 0 Å². The third kappa shape index (κ3) is 1.93. The Labute approximate surface area is 80.1 Å². The van der Waals surface area contributed by atoms with Crippen LogP contribution in [0.1, 0.15) is 32.1 Å². The Balaban J connectivity index is 1.93. The minimum atomic E-state index is 0.183. The lowest BCUT2D eigenvalue weighted by atomic mass is 9.76. The number of hydrogen-bond acceptors (Lipinski definition) is 2. The van der Waals surface area contributed by atoms with Crippen molar-refractivity contribution in [1.29, 1.82) is 0 Å². The van der Waals surface area contributed by atoms with Crippen molar-refractivity contribution >= 4 is 6.29 Å². The predicted molar refractivity (Wildman–Crippen MR) is 52.1 cm³/mol. The molecule has 1 aliphatic carbocycles. The van der Waals surface area contributed by atoms with Crippen LogP contribution in [0.15, 0.2) is 0 Å². The molecule has 13 heavy (non-hydrogen) atoms. The van der Waals surface area contributed by atoms with Gasteiger partial charge in [0.15, 0.2) is 0 Å². The summed E-state index contributed by atoms with van der Waals surface area (Å²) in [5, 5.41) is 3.31. The van der Waals surface area contributed by atoms with Crippen LogP contribution in [0.4, 0.5) is 0 Å².